The summed E-state index contributed by atoms with van der Waals surface area (Å²) in [6.07, 6.45) is 1.69. The van der Waals surface area contributed by atoms with Crippen molar-refractivity contribution < 1.29 is 23.8 Å². The number of amides is 1. The van der Waals surface area contributed by atoms with Gasteiger partial charge in [0, 0.05) is 35.9 Å². The fraction of sp³-hybridized carbons (Fsp3) is 0.200. The number of ether oxygens (including phenoxy) is 3. The fourth-order valence-electron chi connectivity index (χ4n) is 2.82. The molecule has 0 spiro atoms. The largest absolute Gasteiger partial charge is 0.493 e. The number of esters is 1. The maximum absolute atomic E-state index is 12.4. The normalized spacial score (nSPS) is 10.5. The number of carbonyl (C=O) groups is 2. The van der Waals surface area contributed by atoms with E-state index in [9.17, 15) is 9.59 Å². The summed E-state index contributed by atoms with van der Waals surface area (Å²) in [4.78, 5) is 24.5. The molecule has 1 amide bonds. The molecule has 7 nitrogen and oxygen atoms in total. The van der Waals surface area contributed by atoms with E-state index in [1.165, 1.54) is 14.2 Å². The second-order valence-corrected chi connectivity index (χ2v) is 5.86. The van der Waals surface area contributed by atoms with Gasteiger partial charge in [0.15, 0.2) is 18.1 Å². The number of rotatable bonds is 6. The molecular weight excluding hydrogens is 348 g/mol. The van der Waals surface area contributed by atoms with Crippen molar-refractivity contribution in [1.82, 2.24) is 4.57 Å². The lowest BCUT2D eigenvalue weighted by Gasteiger charge is -2.10. The minimum Gasteiger partial charge on any atom is -0.493 e. The molecule has 2 aromatic carbocycles. The Morgan fingerprint density at radius 1 is 1.04 bits per heavy atom. The number of nitrogens with zero attached hydrogens (tertiary/aromatic N) is 1. The highest BCUT2D eigenvalue weighted by Crippen LogP contribution is 2.29. The first-order valence-corrected chi connectivity index (χ1v) is 8.26. The number of hydrogen-bond donors (Lipinski definition) is 1. The van der Waals surface area contributed by atoms with E-state index in [4.69, 9.17) is 14.2 Å². The third kappa shape index (κ3) is 3.87. The molecule has 1 heterocycles. The molecule has 0 aliphatic carbocycles. The average molecular weight is 368 g/mol. The SMILES string of the molecule is COc1ccc(NC(=O)COC(=O)c2cn(C)c3ccccc23)cc1OC. The molecule has 0 saturated carbocycles. The predicted molar refractivity (Wildman–Crippen MR) is 101 cm³/mol. The number of nitrogens with one attached hydrogen (secondary N) is 1. The van der Waals surface area contributed by atoms with Crippen LogP contribution < -0.4 is 14.8 Å². The van der Waals surface area contributed by atoms with Crippen LogP contribution in [-0.2, 0) is 16.6 Å². The number of methoxy groups -OCH3 is 2. The summed E-state index contributed by atoms with van der Waals surface area (Å²) in [5.74, 6) is 0.0472. The Labute approximate surface area is 156 Å². The van der Waals surface area contributed by atoms with Crippen molar-refractivity contribution in [2.24, 2.45) is 7.05 Å². The van der Waals surface area contributed by atoms with Gasteiger partial charge in [-0.15, -0.1) is 0 Å². The predicted octanol–water partition coefficient (Wildman–Crippen LogP) is 2.99. The number of carbonyl (C=O) groups excluding carboxylic acids is 2. The molecule has 3 rings (SSSR count). The molecule has 3 aromatic rings. The summed E-state index contributed by atoms with van der Waals surface area (Å²) in [5, 5.41) is 3.44. The molecule has 0 atom stereocenters. The van der Waals surface area contributed by atoms with E-state index in [1.807, 2.05) is 35.9 Å². The third-order valence-corrected chi connectivity index (χ3v) is 4.12. The van der Waals surface area contributed by atoms with E-state index in [0.717, 1.165) is 10.9 Å². The minimum absolute atomic E-state index is 0.392. The molecule has 0 unspecified atom stereocenters. The van der Waals surface area contributed by atoms with Crippen molar-refractivity contribution in [1.29, 1.82) is 0 Å². The van der Waals surface area contributed by atoms with Crippen molar-refractivity contribution in [3.05, 3.63) is 54.2 Å². The topological polar surface area (TPSA) is 78.8 Å². The molecule has 0 radical (unpaired) electrons. The quantitative estimate of drug-likeness (QED) is 0.677. The molecule has 7 heteroatoms. The summed E-state index contributed by atoms with van der Waals surface area (Å²) in [6.45, 7) is -0.392. The van der Waals surface area contributed by atoms with Crippen LogP contribution in [0.2, 0.25) is 0 Å². The van der Waals surface area contributed by atoms with Crippen LogP contribution in [-0.4, -0.2) is 37.3 Å². The number of aromatic nitrogens is 1. The fourth-order valence-corrected chi connectivity index (χ4v) is 2.82. The number of aryl methyl sites for hydroxylation is 1. The summed E-state index contributed by atoms with van der Waals surface area (Å²) in [6, 6.07) is 12.5. The zero-order chi connectivity index (χ0) is 19.4. The molecule has 1 aromatic heterocycles. The lowest BCUT2D eigenvalue weighted by atomic mass is 10.2. The van der Waals surface area contributed by atoms with Crippen LogP contribution in [0.15, 0.2) is 48.7 Å². The average Bonchev–Trinajstić information content (AvgIpc) is 3.03. The highest BCUT2D eigenvalue weighted by atomic mass is 16.5. The van der Waals surface area contributed by atoms with Gasteiger partial charge < -0.3 is 24.1 Å². The van der Waals surface area contributed by atoms with Gasteiger partial charge in [0.05, 0.1) is 19.8 Å². The van der Waals surface area contributed by atoms with Gasteiger partial charge in [-0.25, -0.2) is 4.79 Å². The molecule has 0 aliphatic heterocycles. The van der Waals surface area contributed by atoms with E-state index in [1.54, 1.807) is 24.4 Å². The molecule has 1 N–H and O–H groups in total. The number of hydrogen-bond acceptors (Lipinski definition) is 5. The Kier molecular flexibility index (Phi) is 5.30. The van der Waals surface area contributed by atoms with Gasteiger partial charge in [-0.3, -0.25) is 4.79 Å². The molecule has 0 saturated heterocycles. The van der Waals surface area contributed by atoms with Gasteiger partial charge in [-0.05, 0) is 18.2 Å². The summed E-state index contributed by atoms with van der Waals surface area (Å²) >= 11 is 0. The van der Waals surface area contributed by atoms with Gasteiger partial charge in [-0.1, -0.05) is 18.2 Å². The number of fused-ring (bicyclic) bond motifs is 1. The summed E-state index contributed by atoms with van der Waals surface area (Å²) in [5.41, 5.74) is 1.85. The minimum atomic E-state index is -0.547. The van der Waals surface area contributed by atoms with Crippen LogP contribution in [0.4, 0.5) is 5.69 Å². The van der Waals surface area contributed by atoms with Crippen molar-refractivity contribution in [2.75, 3.05) is 26.1 Å². The first kappa shape index (κ1) is 18.3. The van der Waals surface area contributed by atoms with Gasteiger partial charge >= 0.3 is 5.97 Å². The van der Waals surface area contributed by atoms with Crippen LogP contribution in [0, 0.1) is 0 Å². The highest BCUT2D eigenvalue weighted by Gasteiger charge is 2.16. The van der Waals surface area contributed by atoms with Crippen molar-refractivity contribution >= 4 is 28.5 Å². The number of anilines is 1. The lowest BCUT2D eigenvalue weighted by Crippen LogP contribution is -2.20. The Morgan fingerprint density at radius 3 is 2.52 bits per heavy atom. The molecule has 0 aliphatic rings. The smallest absolute Gasteiger partial charge is 0.340 e. The monoisotopic (exact) mass is 368 g/mol. The van der Waals surface area contributed by atoms with E-state index < -0.39 is 18.5 Å². The van der Waals surface area contributed by atoms with E-state index in [2.05, 4.69) is 5.32 Å². The van der Waals surface area contributed by atoms with Crippen molar-refractivity contribution in [2.45, 2.75) is 0 Å². The van der Waals surface area contributed by atoms with Gasteiger partial charge in [-0.2, -0.15) is 0 Å². The van der Waals surface area contributed by atoms with E-state index in [-0.39, 0.29) is 0 Å². The van der Waals surface area contributed by atoms with E-state index >= 15 is 0 Å². The van der Waals surface area contributed by atoms with Gasteiger partial charge in [0.2, 0.25) is 0 Å². The zero-order valence-electron chi connectivity index (χ0n) is 15.3. The lowest BCUT2D eigenvalue weighted by molar-refractivity contribution is -0.119. The van der Waals surface area contributed by atoms with Gasteiger partial charge in [0.25, 0.3) is 5.91 Å². The van der Waals surface area contributed by atoms with Crippen LogP contribution in [0.5, 0.6) is 11.5 Å². The first-order valence-electron chi connectivity index (χ1n) is 8.26. The summed E-state index contributed by atoms with van der Waals surface area (Å²) < 4.78 is 17.4. The number of benzene rings is 2. The third-order valence-electron chi connectivity index (χ3n) is 4.12. The van der Waals surface area contributed by atoms with Gasteiger partial charge in [0.1, 0.15) is 0 Å². The Balaban J connectivity index is 1.64. The maximum Gasteiger partial charge on any atom is 0.340 e. The zero-order valence-corrected chi connectivity index (χ0v) is 15.3. The Morgan fingerprint density at radius 2 is 1.78 bits per heavy atom. The molecular formula is C20H20N2O5. The van der Waals surface area contributed by atoms with E-state index in [0.29, 0.717) is 22.7 Å². The highest BCUT2D eigenvalue weighted by molar-refractivity contribution is 6.05. The second-order valence-electron chi connectivity index (χ2n) is 5.86. The maximum atomic E-state index is 12.4. The second kappa shape index (κ2) is 7.82. The summed E-state index contributed by atoms with van der Waals surface area (Å²) in [7, 11) is 4.89. The molecule has 140 valence electrons. The van der Waals surface area contributed by atoms with Crippen molar-refractivity contribution in [3.8, 4) is 11.5 Å². The van der Waals surface area contributed by atoms with Crippen molar-refractivity contribution in [3.63, 3.8) is 0 Å². The van der Waals surface area contributed by atoms with Crippen LogP contribution >= 0.6 is 0 Å². The first-order chi connectivity index (χ1) is 13.0. The van der Waals surface area contributed by atoms with Crippen LogP contribution in [0.25, 0.3) is 10.9 Å². The number of para-hydroxylation sites is 1. The molecule has 27 heavy (non-hydrogen) atoms. The van der Waals surface area contributed by atoms with Crippen LogP contribution in [0.1, 0.15) is 10.4 Å². The molecule has 0 fully saturated rings. The Hall–Kier alpha value is -3.48. The Bertz CT molecular complexity index is 993. The molecule has 0 bridgehead atoms. The standard InChI is InChI=1S/C20H20N2O5/c1-22-11-15(14-6-4-5-7-16(14)22)20(24)27-12-19(23)21-13-8-9-17(25-2)18(10-13)26-3/h4-11H,12H2,1-3H3,(H,21,23). The van der Waals surface area contributed by atoms with Crippen LogP contribution in [0.3, 0.4) is 0 Å².